The normalized spacial score (nSPS) is 9.31. The molecule has 0 aliphatic rings. The molecular weight excluding hydrogens is 212 g/mol. The standard InChI is InChI=1S/C10H10N2O4/c1-2-16-10(15)9(14)12-8(13)7-5-3-4-6-11-7/h3-6H,2H2,1H3,(H,12,13,14). The molecule has 1 heterocycles. The van der Waals surface area contributed by atoms with Crippen LogP contribution in [0, 0.1) is 0 Å². The van der Waals surface area contributed by atoms with Crippen LogP contribution in [0.25, 0.3) is 0 Å². The van der Waals surface area contributed by atoms with Crippen LogP contribution in [0.2, 0.25) is 0 Å². The van der Waals surface area contributed by atoms with Gasteiger partial charge in [-0.05, 0) is 19.1 Å². The first kappa shape index (κ1) is 11.8. The zero-order valence-electron chi connectivity index (χ0n) is 8.60. The molecule has 0 aromatic carbocycles. The monoisotopic (exact) mass is 222 g/mol. The Morgan fingerprint density at radius 3 is 2.69 bits per heavy atom. The summed E-state index contributed by atoms with van der Waals surface area (Å²) in [6.45, 7) is 1.63. The largest absolute Gasteiger partial charge is 0.459 e. The van der Waals surface area contributed by atoms with Crippen LogP contribution in [0.3, 0.4) is 0 Å². The van der Waals surface area contributed by atoms with Crippen molar-refractivity contribution < 1.29 is 19.1 Å². The first-order valence-electron chi connectivity index (χ1n) is 4.58. The molecule has 0 fully saturated rings. The minimum atomic E-state index is -1.10. The third kappa shape index (κ3) is 3.16. The number of imide groups is 1. The van der Waals surface area contributed by atoms with Gasteiger partial charge in [-0.25, -0.2) is 4.79 Å². The van der Waals surface area contributed by atoms with Gasteiger partial charge >= 0.3 is 11.9 Å². The van der Waals surface area contributed by atoms with Crippen LogP contribution in [-0.4, -0.2) is 29.4 Å². The summed E-state index contributed by atoms with van der Waals surface area (Å²) >= 11 is 0. The maximum absolute atomic E-state index is 11.4. The van der Waals surface area contributed by atoms with Gasteiger partial charge in [0.05, 0.1) is 6.61 Å². The van der Waals surface area contributed by atoms with Crippen LogP contribution >= 0.6 is 0 Å². The number of carbonyl (C=O) groups is 3. The van der Waals surface area contributed by atoms with Crippen molar-refractivity contribution in [2.75, 3.05) is 6.61 Å². The molecule has 0 bridgehead atoms. The fraction of sp³-hybridized carbons (Fsp3) is 0.200. The van der Waals surface area contributed by atoms with Crippen LogP contribution in [0.15, 0.2) is 24.4 Å². The van der Waals surface area contributed by atoms with Crippen LogP contribution in [0.4, 0.5) is 0 Å². The van der Waals surface area contributed by atoms with Crippen molar-refractivity contribution in [2.24, 2.45) is 0 Å². The Morgan fingerprint density at radius 2 is 2.12 bits per heavy atom. The van der Waals surface area contributed by atoms with Crippen molar-refractivity contribution in [3.63, 3.8) is 0 Å². The Bertz CT molecular complexity index is 403. The van der Waals surface area contributed by atoms with E-state index >= 15 is 0 Å². The second-order valence-electron chi connectivity index (χ2n) is 2.72. The van der Waals surface area contributed by atoms with Gasteiger partial charge in [0.25, 0.3) is 5.91 Å². The predicted molar refractivity (Wildman–Crippen MR) is 53.3 cm³/mol. The summed E-state index contributed by atoms with van der Waals surface area (Å²) in [5.74, 6) is -2.93. The zero-order chi connectivity index (χ0) is 12.0. The number of hydrogen-bond acceptors (Lipinski definition) is 5. The second-order valence-corrected chi connectivity index (χ2v) is 2.72. The van der Waals surface area contributed by atoms with Gasteiger partial charge in [0, 0.05) is 6.20 Å². The summed E-state index contributed by atoms with van der Waals surface area (Å²) in [7, 11) is 0. The SMILES string of the molecule is CCOC(=O)C(=O)NC(=O)c1ccccn1. The molecule has 0 saturated heterocycles. The average molecular weight is 222 g/mol. The zero-order valence-corrected chi connectivity index (χ0v) is 8.60. The van der Waals surface area contributed by atoms with Crippen LogP contribution in [0.1, 0.15) is 17.4 Å². The highest BCUT2D eigenvalue weighted by Crippen LogP contribution is 1.92. The van der Waals surface area contributed by atoms with E-state index in [0.29, 0.717) is 0 Å². The van der Waals surface area contributed by atoms with Gasteiger partial charge in [-0.2, -0.15) is 0 Å². The van der Waals surface area contributed by atoms with Crippen molar-refractivity contribution in [3.05, 3.63) is 30.1 Å². The highest BCUT2D eigenvalue weighted by molar-refractivity contribution is 6.36. The molecule has 6 nitrogen and oxygen atoms in total. The number of pyridine rings is 1. The van der Waals surface area contributed by atoms with E-state index in [1.165, 1.54) is 12.3 Å². The average Bonchev–Trinajstić information content (AvgIpc) is 2.30. The number of hydrogen-bond donors (Lipinski definition) is 1. The number of rotatable bonds is 2. The maximum atomic E-state index is 11.4. The second kappa shape index (κ2) is 5.59. The third-order valence-corrected chi connectivity index (χ3v) is 1.59. The Morgan fingerprint density at radius 1 is 1.38 bits per heavy atom. The summed E-state index contributed by atoms with van der Waals surface area (Å²) in [5, 5.41) is 1.87. The number of ether oxygens (including phenoxy) is 1. The number of nitrogens with one attached hydrogen (secondary N) is 1. The van der Waals surface area contributed by atoms with Gasteiger partial charge in [-0.15, -0.1) is 0 Å². The smallest absolute Gasteiger partial charge is 0.397 e. The van der Waals surface area contributed by atoms with Crippen molar-refractivity contribution in [3.8, 4) is 0 Å². The number of carbonyl (C=O) groups excluding carboxylic acids is 3. The topological polar surface area (TPSA) is 85.4 Å². The summed E-state index contributed by atoms with van der Waals surface area (Å²) in [6, 6.07) is 4.65. The highest BCUT2D eigenvalue weighted by atomic mass is 16.5. The Balaban J connectivity index is 2.59. The van der Waals surface area contributed by atoms with E-state index in [1.54, 1.807) is 19.1 Å². The van der Waals surface area contributed by atoms with Crippen molar-refractivity contribution in [2.45, 2.75) is 6.92 Å². The fourth-order valence-corrected chi connectivity index (χ4v) is 0.912. The van der Waals surface area contributed by atoms with Gasteiger partial charge < -0.3 is 4.74 Å². The molecule has 0 atom stereocenters. The van der Waals surface area contributed by atoms with Gasteiger partial charge in [0.15, 0.2) is 0 Å². The highest BCUT2D eigenvalue weighted by Gasteiger charge is 2.18. The molecular formula is C10H10N2O4. The minimum absolute atomic E-state index is 0.0557. The Kier molecular flexibility index (Phi) is 4.14. The molecule has 0 aliphatic carbocycles. The molecule has 1 N–H and O–H groups in total. The summed E-state index contributed by atoms with van der Waals surface area (Å²) in [5.41, 5.74) is 0.0557. The maximum Gasteiger partial charge on any atom is 0.397 e. The molecule has 0 aliphatic heterocycles. The molecule has 0 saturated carbocycles. The van der Waals surface area contributed by atoms with E-state index in [9.17, 15) is 14.4 Å². The van der Waals surface area contributed by atoms with Crippen molar-refractivity contribution >= 4 is 17.8 Å². The molecule has 0 spiro atoms. The molecule has 1 rings (SSSR count). The van der Waals surface area contributed by atoms with Crippen molar-refractivity contribution in [1.29, 1.82) is 0 Å². The lowest BCUT2D eigenvalue weighted by Crippen LogP contribution is -2.37. The van der Waals surface area contributed by atoms with E-state index in [2.05, 4.69) is 9.72 Å². The van der Waals surface area contributed by atoms with Crippen LogP contribution < -0.4 is 5.32 Å². The van der Waals surface area contributed by atoms with Gasteiger partial charge in [0.2, 0.25) is 0 Å². The Hall–Kier alpha value is -2.24. The predicted octanol–water partition coefficient (Wildman–Crippen LogP) is -0.0989. The number of esters is 1. The van der Waals surface area contributed by atoms with Crippen LogP contribution in [0.5, 0.6) is 0 Å². The first-order chi connectivity index (χ1) is 7.65. The summed E-state index contributed by atoms with van der Waals surface area (Å²) in [6.07, 6.45) is 1.41. The molecule has 1 aromatic heterocycles. The molecule has 2 amide bonds. The van der Waals surface area contributed by atoms with E-state index in [4.69, 9.17) is 0 Å². The molecule has 16 heavy (non-hydrogen) atoms. The third-order valence-electron chi connectivity index (χ3n) is 1.59. The lowest BCUT2D eigenvalue weighted by molar-refractivity contribution is -0.154. The lowest BCUT2D eigenvalue weighted by atomic mass is 10.3. The van der Waals surface area contributed by atoms with Gasteiger partial charge in [0.1, 0.15) is 5.69 Å². The molecule has 1 aromatic rings. The molecule has 6 heteroatoms. The minimum Gasteiger partial charge on any atom is -0.459 e. The summed E-state index contributed by atoms with van der Waals surface area (Å²) < 4.78 is 4.42. The Labute approximate surface area is 91.6 Å². The van der Waals surface area contributed by atoms with Gasteiger partial charge in [-0.3, -0.25) is 19.9 Å². The summed E-state index contributed by atoms with van der Waals surface area (Å²) in [4.78, 5) is 37.1. The van der Waals surface area contributed by atoms with Gasteiger partial charge in [-0.1, -0.05) is 6.07 Å². The first-order valence-corrected chi connectivity index (χ1v) is 4.58. The van der Waals surface area contributed by atoms with E-state index in [0.717, 1.165) is 0 Å². The number of aromatic nitrogens is 1. The molecule has 0 radical (unpaired) electrons. The lowest BCUT2D eigenvalue weighted by Gasteiger charge is -2.02. The molecule has 0 unspecified atom stereocenters. The van der Waals surface area contributed by atoms with E-state index < -0.39 is 17.8 Å². The van der Waals surface area contributed by atoms with E-state index in [1.807, 2.05) is 5.32 Å². The fourth-order valence-electron chi connectivity index (χ4n) is 0.912. The molecule has 84 valence electrons. The number of amides is 2. The quantitative estimate of drug-likeness (QED) is 0.558. The number of nitrogens with zero attached hydrogens (tertiary/aromatic N) is 1. The van der Waals surface area contributed by atoms with E-state index in [-0.39, 0.29) is 12.3 Å². The van der Waals surface area contributed by atoms with Crippen molar-refractivity contribution in [1.82, 2.24) is 10.3 Å². The van der Waals surface area contributed by atoms with Crippen LogP contribution in [-0.2, 0) is 14.3 Å².